The fourth-order valence-electron chi connectivity index (χ4n) is 11.3. The minimum Gasteiger partial charge on any atom is -0.483 e. The number of halogens is 5. The normalized spacial score (nSPS) is 16.0. The molecular weight excluding hydrogens is 1230 g/mol. The van der Waals surface area contributed by atoms with Crippen LogP contribution < -0.4 is 20.3 Å². The molecule has 480 valence electrons. The Kier molecular flexibility index (Phi) is 21.6. The summed E-state index contributed by atoms with van der Waals surface area (Å²) in [7, 11) is 3.45. The summed E-state index contributed by atoms with van der Waals surface area (Å²) < 4.78 is 71.7. The average molecular weight is 1310 g/mol. The number of rotatable bonds is 20. The molecule has 2 aliphatic rings. The Morgan fingerprint density at radius 2 is 0.945 bits per heavy atom. The minimum absolute atomic E-state index is 0. The Morgan fingerprint density at radius 1 is 0.582 bits per heavy atom. The quantitative estimate of drug-likeness (QED) is 0.0669. The smallest absolute Gasteiger partial charge is 0.274 e. The average Bonchev–Trinajstić information content (AvgIpc) is 1.33. The third kappa shape index (κ3) is 15.0. The summed E-state index contributed by atoms with van der Waals surface area (Å²) in [4.78, 5) is 98.9. The number of thiazole rings is 2. The number of aromatic nitrogens is 4. The molecule has 0 saturated carbocycles. The van der Waals surface area contributed by atoms with Crippen LogP contribution in [0.3, 0.4) is 0 Å². The maximum atomic E-state index is 14.4. The third-order valence-corrected chi connectivity index (χ3v) is 18.1. The fraction of sp³-hybridized carbons (Fsp3) is 0.353. The molecular formula is C68H73ClF4N8O8S2. The van der Waals surface area contributed by atoms with Gasteiger partial charge in [-0.05, 0) is 75.9 Å². The van der Waals surface area contributed by atoms with Crippen molar-refractivity contribution in [2.24, 2.45) is 0 Å². The molecule has 4 aromatic heterocycles. The largest absolute Gasteiger partial charge is 0.483 e. The molecule has 91 heavy (non-hydrogen) atoms. The number of hydrogen-bond acceptors (Lipinski definition) is 12. The van der Waals surface area contributed by atoms with E-state index in [1.165, 1.54) is 46.9 Å². The first-order valence-corrected chi connectivity index (χ1v) is 31.3. The number of hydrogen-bond donors (Lipinski definition) is 0. The zero-order valence-corrected chi connectivity index (χ0v) is 54.8. The first-order valence-electron chi connectivity index (χ1n) is 29.6. The molecule has 0 fully saturated rings. The molecule has 0 N–H and O–H groups in total. The van der Waals surface area contributed by atoms with Gasteiger partial charge >= 0.3 is 0 Å². The van der Waals surface area contributed by atoms with E-state index in [2.05, 4.69) is 9.97 Å². The van der Waals surface area contributed by atoms with Crippen molar-refractivity contribution in [2.75, 3.05) is 40.3 Å². The second-order valence-electron chi connectivity index (χ2n) is 23.7. The van der Waals surface area contributed by atoms with E-state index < -0.39 is 45.2 Å². The van der Waals surface area contributed by atoms with Crippen molar-refractivity contribution in [2.45, 2.75) is 117 Å². The third-order valence-electron chi connectivity index (χ3n) is 16.1. The molecule has 2 atom stereocenters. The maximum Gasteiger partial charge on any atom is 0.274 e. The molecule has 4 aromatic carbocycles. The van der Waals surface area contributed by atoms with Gasteiger partial charge in [-0.25, -0.2) is 27.5 Å². The van der Waals surface area contributed by atoms with Gasteiger partial charge in [0.2, 0.25) is 22.7 Å². The number of carbonyl (C=O) groups is 4. The van der Waals surface area contributed by atoms with Crippen molar-refractivity contribution in [1.82, 2.24) is 38.7 Å². The van der Waals surface area contributed by atoms with Crippen molar-refractivity contribution in [3.63, 3.8) is 0 Å². The van der Waals surface area contributed by atoms with Gasteiger partial charge in [-0.3, -0.25) is 28.8 Å². The van der Waals surface area contributed by atoms with Crippen LogP contribution in [0.4, 0.5) is 17.6 Å². The highest BCUT2D eigenvalue weighted by Crippen LogP contribution is 2.39. The van der Waals surface area contributed by atoms with Crippen molar-refractivity contribution < 1.29 is 46.2 Å². The highest BCUT2D eigenvalue weighted by Gasteiger charge is 2.46. The monoisotopic (exact) mass is 1300 g/mol. The maximum absolute atomic E-state index is 14.4. The summed E-state index contributed by atoms with van der Waals surface area (Å²) in [6.07, 6.45) is 7.37. The van der Waals surface area contributed by atoms with E-state index >= 15 is 0 Å². The minimum atomic E-state index is -0.822. The highest BCUT2D eigenvalue weighted by molar-refractivity contribution is 7.15. The van der Waals surface area contributed by atoms with Gasteiger partial charge in [0.25, 0.3) is 11.8 Å². The van der Waals surface area contributed by atoms with Crippen LogP contribution >= 0.6 is 35.1 Å². The van der Waals surface area contributed by atoms with E-state index in [9.17, 15) is 46.3 Å². The number of pyridine rings is 2. The molecule has 23 heteroatoms. The van der Waals surface area contributed by atoms with E-state index in [1.807, 2.05) is 102 Å². The number of benzene rings is 4. The Labute approximate surface area is 540 Å². The van der Waals surface area contributed by atoms with Gasteiger partial charge in [-0.15, -0.1) is 35.1 Å². The predicted molar refractivity (Wildman–Crippen MR) is 346 cm³/mol. The molecule has 4 amide bonds. The first kappa shape index (κ1) is 68.4. The molecule has 0 spiro atoms. The molecule has 0 radical (unpaired) electrons. The Bertz CT molecular complexity index is 3850. The van der Waals surface area contributed by atoms with Crippen LogP contribution in [-0.4, -0.2) is 115 Å². The van der Waals surface area contributed by atoms with Crippen LogP contribution in [0.1, 0.15) is 121 Å². The van der Waals surface area contributed by atoms with Crippen molar-refractivity contribution >= 4 is 58.7 Å². The summed E-state index contributed by atoms with van der Waals surface area (Å²) in [6.45, 7) is 16.4. The number of nitrogens with zero attached hydrogens (tertiary/aromatic N) is 8. The molecule has 2 aliphatic heterocycles. The number of carbonyl (C=O) groups excluding carboxylic acids is 4. The fourth-order valence-corrected chi connectivity index (χ4v) is 13.2. The Morgan fingerprint density at radius 3 is 1.27 bits per heavy atom. The summed E-state index contributed by atoms with van der Waals surface area (Å²) in [5.74, 6) is -3.62. The second kappa shape index (κ2) is 28.8. The molecule has 8 aromatic rings. The zero-order chi connectivity index (χ0) is 64.9. The van der Waals surface area contributed by atoms with Gasteiger partial charge in [-0.2, -0.15) is 0 Å². The van der Waals surface area contributed by atoms with Gasteiger partial charge < -0.3 is 38.2 Å². The molecule has 16 nitrogen and oxygen atoms in total. The topological polar surface area (TPSA) is 169 Å². The number of amides is 4. The first-order chi connectivity index (χ1) is 42.8. The summed E-state index contributed by atoms with van der Waals surface area (Å²) in [6, 6.07) is 25.2. The summed E-state index contributed by atoms with van der Waals surface area (Å²) in [5.41, 5.74) is 0.281. The van der Waals surface area contributed by atoms with Crippen LogP contribution in [0, 0.1) is 23.3 Å². The standard InChI is InChI=1S/2C34H36F2N4O4S.ClH/c2*1-6-28(41)38(5)19-34(4)20-39(21(2)3)33(43)29-31(44-18-22-10-8-7-9-11-22)30(42)26(17-40(29)34)32-37-16-25(45-32)14-23-12-13-24(35)15-27(23)36;/h2*7-13,15-17,21H,6,14,18-20H2,1-5H3;1H. The van der Waals surface area contributed by atoms with E-state index in [4.69, 9.17) is 9.47 Å². The van der Waals surface area contributed by atoms with Gasteiger partial charge in [-0.1, -0.05) is 86.6 Å². The molecule has 10 rings (SSSR count). The lowest BCUT2D eigenvalue weighted by Crippen LogP contribution is -2.59. The van der Waals surface area contributed by atoms with Gasteiger partial charge in [0.05, 0.1) is 22.2 Å². The van der Waals surface area contributed by atoms with E-state index in [0.717, 1.165) is 23.3 Å². The number of likely N-dealkylation sites (N-methyl/N-ethyl adjacent to an activating group) is 2. The molecule has 6 heterocycles. The predicted octanol–water partition coefficient (Wildman–Crippen LogP) is 12.2. The van der Waals surface area contributed by atoms with Crippen LogP contribution in [0.15, 0.2) is 131 Å². The SMILES string of the molecule is CCC(=O)N(C)CC1(C)CN(C(C)C)C(=O)c2c(OCc3ccccc3)c(=O)c(-c3ncc(Cc4ccc(F)cc4F)s3)cn21.CCC(=O)N(C)CC1(C)CN(C(C)C)C(=O)c2c(OCc3ccccc3)c(=O)c(-c3ncc(Cc4ccc(F)cc4F)s3)cn21.Cl. The second-order valence-corrected chi connectivity index (χ2v) is 26.0. The lowest BCUT2D eigenvalue weighted by molar-refractivity contribution is -0.131. The molecule has 0 saturated heterocycles. The van der Waals surface area contributed by atoms with E-state index in [0.29, 0.717) is 56.8 Å². The molecule has 0 aliphatic carbocycles. The zero-order valence-electron chi connectivity index (χ0n) is 52.4. The van der Waals surface area contributed by atoms with E-state index in [1.54, 1.807) is 81.5 Å². The van der Waals surface area contributed by atoms with Crippen LogP contribution in [0.2, 0.25) is 0 Å². The summed E-state index contributed by atoms with van der Waals surface area (Å²) >= 11 is 2.42. The highest BCUT2D eigenvalue weighted by atomic mass is 35.5. The van der Waals surface area contributed by atoms with Crippen molar-refractivity contribution in [1.29, 1.82) is 0 Å². The number of fused-ring (bicyclic) bond motifs is 2. The van der Waals surface area contributed by atoms with Crippen LogP contribution in [0.25, 0.3) is 21.1 Å². The van der Waals surface area contributed by atoms with Gasteiger partial charge in [0.1, 0.15) is 46.5 Å². The van der Waals surface area contributed by atoms with Crippen LogP contribution in [-0.2, 0) is 46.7 Å². The molecule has 0 bridgehead atoms. The lowest BCUT2D eigenvalue weighted by atomic mass is 9.93. The number of ether oxygens (including phenoxy) is 2. The van der Waals surface area contributed by atoms with Gasteiger partial charge in [0, 0.05) is 125 Å². The van der Waals surface area contributed by atoms with E-state index in [-0.39, 0.29) is 121 Å². The Hall–Kier alpha value is -8.47. The van der Waals surface area contributed by atoms with Gasteiger partial charge in [0.15, 0.2) is 22.9 Å². The lowest BCUT2D eigenvalue weighted by Gasteiger charge is -2.46. The van der Waals surface area contributed by atoms with Crippen molar-refractivity contribution in [3.05, 3.63) is 209 Å². The van der Waals surface area contributed by atoms with Crippen LogP contribution in [0.5, 0.6) is 11.5 Å². The van der Waals surface area contributed by atoms with Crippen molar-refractivity contribution in [3.8, 4) is 32.6 Å². The molecule has 2 unspecified atom stereocenters. The summed E-state index contributed by atoms with van der Waals surface area (Å²) in [5, 5.41) is 0.743. The Balaban J connectivity index is 0.000000232.